The van der Waals surface area contributed by atoms with E-state index in [1.54, 1.807) is 10.7 Å². The molecular weight excluding hydrogens is 271 g/mol. The van der Waals surface area contributed by atoms with Crippen molar-refractivity contribution in [2.45, 2.75) is 19.9 Å². The Morgan fingerprint density at radius 1 is 1.19 bits per heavy atom. The van der Waals surface area contributed by atoms with Crippen molar-refractivity contribution in [3.63, 3.8) is 0 Å². The molecule has 3 rings (SSSR count). The van der Waals surface area contributed by atoms with Gasteiger partial charge in [0.15, 0.2) is 5.82 Å². The van der Waals surface area contributed by atoms with Crippen LogP contribution in [0.5, 0.6) is 0 Å². The van der Waals surface area contributed by atoms with Crippen LogP contribution in [0, 0.1) is 5.82 Å². The summed E-state index contributed by atoms with van der Waals surface area (Å²) in [5.41, 5.74) is 2.00. The Bertz CT molecular complexity index is 626. The third-order valence-electron chi connectivity index (χ3n) is 3.79. The van der Waals surface area contributed by atoms with Crippen LogP contribution < -0.4 is 9.80 Å². The predicted octanol–water partition coefficient (Wildman–Crippen LogP) is 1.59. The van der Waals surface area contributed by atoms with Crippen LogP contribution in [0.15, 0.2) is 18.2 Å². The maximum absolute atomic E-state index is 13.6. The van der Waals surface area contributed by atoms with E-state index in [-0.39, 0.29) is 5.82 Å². The molecule has 0 N–H and O–H groups in total. The molecule has 0 atom stereocenters. The molecule has 1 aromatic heterocycles. The highest BCUT2D eigenvalue weighted by atomic mass is 19.1. The monoisotopic (exact) mass is 290 g/mol. The van der Waals surface area contributed by atoms with Gasteiger partial charge >= 0.3 is 0 Å². The second-order valence-electron chi connectivity index (χ2n) is 5.26. The normalized spacial score (nSPS) is 14.4. The van der Waals surface area contributed by atoms with Gasteiger partial charge in [0.05, 0.1) is 17.9 Å². The first-order valence-electron chi connectivity index (χ1n) is 7.19. The maximum Gasteiger partial charge on any atom is 0.170 e. The molecule has 0 radical (unpaired) electrons. The number of fused-ring (bicyclic) bond motifs is 1. The van der Waals surface area contributed by atoms with Crippen molar-refractivity contribution in [3.8, 4) is 0 Å². The van der Waals surface area contributed by atoms with Crippen molar-refractivity contribution in [2.24, 2.45) is 7.05 Å². The fourth-order valence-corrected chi connectivity index (χ4v) is 2.72. The van der Waals surface area contributed by atoms with Gasteiger partial charge in [0.1, 0.15) is 5.82 Å². The third kappa shape index (κ3) is 2.68. The fraction of sp³-hybridized carbons (Fsp3) is 0.500. The van der Waals surface area contributed by atoms with Crippen molar-refractivity contribution in [1.82, 2.24) is 20.2 Å². The van der Waals surface area contributed by atoms with Gasteiger partial charge in [-0.2, -0.15) is 0 Å². The van der Waals surface area contributed by atoms with Crippen LogP contribution in [0.3, 0.4) is 0 Å². The molecule has 0 spiro atoms. The molecule has 0 amide bonds. The van der Waals surface area contributed by atoms with Crippen LogP contribution in [-0.2, 0) is 13.6 Å². The number of hydrogen-bond acceptors (Lipinski definition) is 5. The number of nitrogens with zero attached hydrogens (tertiary/aromatic N) is 6. The first-order valence-corrected chi connectivity index (χ1v) is 7.19. The summed E-state index contributed by atoms with van der Waals surface area (Å²) < 4.78 is 15.3. The van der Waals surface area contributed by atoms with E-state index < -0.39 is 0 Å². The van der Waals surface area contributed by atoms with Crippen molar-refractivity contribution >= 4 is 11.4 Å². The van der Waals surface area contributed by atoms with Crippen molar-refractivity contribution < 1.29 is 4.39 Å². The Balaban J connectivity index is 1.91. The number of benzene rings is 1. The summed E-state index contributed by atoms with van der Waals surface area (Å²) >= 11 is 0. The van der Waals surface area contributed by atoms with Gasteiger partial charge in [0.25, 0.3) is 0 Å². The van der Waals surface area contributed by atoms with Gasteiger partial charge < -0.3 is 9.80 Å². The number of halogens is 1. The number of aromatic nitrogens is 4. The molecule has 0 aliphatic carbocycles. The molecule has 2 heterocycles. The van der Waals surface area contributed by atoms with Gasteiger partial charge in [-0.15, -0.1) is 5.10 Å². The zero-order chi connectivity index (χ0) is 14.8. The number of tetrazole rings is 1. The van der Waals surface area contributed by atoms with Crippen LogP contribution in [-0.4, -0.2) is 39.8 Å². The molecule has 7 heteroatoms. The average Bonchev–Trinajstić information content (AvgIpc) is 2.87. The number of anilines is 2. The van der Waals surface area contributed by atoms with E-state index in [9.17, 15) is 4.39 Å². The van der Waals surface area contributed by atoms with Crippen LogP contribution in [0.1, 0.15) is 19.2 Å². The lowest BCUT2D eigenvalue weighted by atomic mass is 10.1. The lowest BCUT2D eigenvalue weighted by Crippen LogP contribution is -2.41. The summed E-state index contributed by atoms with van der Waals surface area (Å²) in [5.74, 6) is 0.558. The summed E-state index contributed by atoms with van der Waals surface area (Å²) in [6.45, 7) is 5.49. The number of rotatable bonds is 4. The van der Waals surface area contributed by atoms with Crippen molar-refractivity contribution in [1.29, 1.82) is 0 Å². The molecule has 0 fully saturated rings. The van der Waals surface area contributed by atoms with E-state index in [1.165, 1.54) is 6.07 Å². The van der Waals surface area contributed by atoms with E-state index in [0.717, 1.165) is 43.3 Å². The second-order valence-corrected chi connectivity index (χ2v) is 5.26. The van der Waals surface area contributed by atoms with Crippen LogP contribution >= 0.6 is 0 Å². The quantitative estimate of drug-likeness (QED) is 0.856. The van der Waals surface area contributed by atoms with Gasteiger partial charge in [-0.05, 0) is 35.0 Å². The predicted molar refractivity (Wildman–Crippen MR) is 78.8 cm³/mol. The number of aryl methyl sites for hydroxylation is 1. The van der Waals surface area contributed by atoms with E-state index in [4.69, 9.17) is 0 Å². The minimum Gasteiger partial charge on any atom is -0.368 e. The largest absolute Gasteiger partial charge is 0.368 e. The van der Waals surface area contributed by atoms with Crippen molar-refractivity contribution in [2.75, 3.05) is 29.4 Å². The lowest BCUT2D eigenvalue weighted by Gasteiger charge is -2.38. The summed E-state index contributed by atoms with van der Waals surface area (Å²) in [6.07, 6.45) is 1.07. The van der Waals surface area contributed by atoms with Crippen LogP contribution in [0.4, 0.5) is 15.8 Å². The molecule has 1 aromatic carbocycles. The first-order chi connectivity index (χ1) is 10.2. The Kier molecular flexibility index (Phi) is 3.72. The van der Waals surface area contributed by atoms with Gasteiger partial charge in [0.2, 0.25) is 0 Å². The smallest absolute Gasteiger partial charge is 0.170 e. The second kappa shape index (κ2) is 5.67. The minimum atomic E-state index is -0.215. The highest BCUT2D eigenvalue weighted by molar-refractivity contribution is 5.73. The van der Waals surface area contributed by atoms with E-state index in [0.29, 0.717) is 6.54 Å². The van der Waals surface area contributed by atoms with Crippen LogP contribution in [0.2, 0.25) is 0 Å². The molecule has 2 aromatic rings. The first kappa shape index (κ1) is 13.8. The minimum absolute atomic E-state index is 0.215. The maximum atomic E-state index is 13.6. The highest BCUT2D eigenvalue weighted by Crippen LogP contribution is 2.34. The Labute approximate surface area is 123 Å². The van der Waals surface area contributed by atoms with E-state index in [1.807, 2.05) is 13.1 Å². The molecular formula is C14H19FN6. The molecule has 6 nitrogen and oxygen atoms in total. The Hall–Kier alpha value is -2.18. The zero-order valence-electron chi connectivity index (χ0n) is 12.3. The molecule has 0 saturated heterocycles. The number of hydrogen-bond donors (Lipinski definition) is 0. The highest BCUT2D eigenvalue weighted by Gasteiger charge is 2.23. The average molecular weight is 290 g/mol. The molecule has 1 aliphatic rings. The van der Waals surface area contributed by atoms with Crippen LogP contribution in [0.25, 0.3) is 0 Å². The van der Waals surface area contributed by atoms with Gasteiger partial charge in [-0.3, -0.25) is 0 Å². The fourth-order valence-electron chi connectivity index (χ4n) is 2.72. The standard InChI is InChI=1S/C14H19FN6/c1-3-6-20-7-8-21(10-14-16-17-18-19(14)2)13-9-11(15)4-5-12(13)20/h4-5,9H,3,6-8,10H2,1-2H3. The molecule has 1 aliphatic heterocycles. The summed E-state index contributed by atoms with van der Waals surface area (Å²) in [7, 11) is 1.81. The topological polar surface area (TPSA) is 50.1 Å². The molecule has 0 saturated carbocycles. The van der Waals surface area contributed by atoms with Crippen molar-refractivity contribution in [3.05, 3.63) is 29.8 Å². The lowest BCUT2D eigenvalue weighted by molar-refractivity contribution is 0.613. The SMILES string of the molecule is CCCN1CCN(Cc2nnnn2C)c2cc(F)ccc21. The molecule has 0 bridgehead atoms. The Morgan fingerprint density at radius 2 is 2.00 bits per heavy atom. The van der Waals surface area contributed by atoms with E-state index in [2.05, 4.69) is 32.2 Å². The summed E-state index contributed by atoms with van der Waals surface area (Å²) in [6, 6.07) is 4.98. The molecule has 21 heavy (non-hydrogen) atoms. The summed E-state index contributed by atoms with van der Waals surface area (Å²) in [4.78, 5) is 4.44. The molecule has 112 valence electrons. The molecule has 0 unspecified atom stereocenters. The van der Waals surface area contributed by atoms with Gasteiger partial charge in [-0.1, -0.05) is 6.92 Å². The van der Waals surface area contributed by atoms with Gasteiger partial charge in [0, 0.05) is 26.7 Å². The Morgan fingerprint density at radius 3 is 2.71 bits per heavy atom. The van der Waals surface area contributed by atoms with E-state index >= 15 is 0 Å². The zero-order valence-corrected chi connectivity index (χ0v) is 12.3. The summed E-state index contributed by atoms with van der Waals surface area (Å²) in [5, 5.41) is 11.5. The third-order valence-corrected chi connectivity index (χ3v) is 3.79. The van der Waals surface area contributed by atoms with Gasteiger partial charge in [-0.25, -0.2) is 9.07 Å².